The van der Waals surface area contributed by atoms with Crippen LogP contribution in [0.2, 0.25) is 0 Å². The lowest BCUT2D eigenvalue weighted by Crippen LogP contribution is -2.34. The molecule has 0 bridgehead atoms. The first-order chi connectivity index (χ1) is 12.6. The van der Waals surface area contributed by atoms with Gasteiger partial charge in [-0.05, 0) is 37.1 Å². The molecule has 132 valence electrons. The number of hydrogen-bond acceptors (Lipinski definition) is 2. The van der Waals surface area contributed by atoms with Crippen LogP contribution < -0.4 is 5.32 Å². The van der Waals surface area contributed by atoms with Gasteiger partial charge in [0.25, 0.3) is 0 Å². The van der Waals surface area contributed by atoms with Crippen LogP contribution >= 0.6 is 11.8 Å². The van der Waals surface area contributed by atoms with Gasteiger partial charge in [-0.15, -0.1) is 11.8 Å². The molecule has 3 aromatic carbocycles. The topological polar surface area (TPSA) is 29.1 Å². The van der Waals surface area contributed by atoms with E-state index in [0.717, 1.165) is 16.0 Å². The second-order valence-corrected chi connectivity index (χ2v) is 7.75. The van der Waals surface area contributed by atoms with Crippen molar-refractivity contribution in [2.75, 3.05) is 0 Å². The van der Waals surface area contributed by atoms with E-state index in [1.807, 2.05) is 43.3 Å². The summed E-state index contributed by atoms with van der Waals surface area (Å²) in [5.41, 5.74) is 3.39. The summed E-state index contributed by atoms with van der Waals surface area (Å²) in [5.74, 6) is 0.0354. The molecular formula is C23H23NOS. The molecule has 0 aromatic heterocycles. The van der Waals surface area contributed by atoms with E-state index in [2.05, 4.69) is 60.8 Å². The van der Waals surface area contributed by atoms with Gasteiger partial charge in [-0.25, -0.2) is 0 Å². The number of carbonyl (C=O) groups excluding carboxylic acids is 1. The van der Waals surface area contributed by atoms with E-state index >= 15 is 0 Å². The van der Waals surface area contributed by atoms with E-state index in [1.54, 1.807) is 11.8 Å². The van der Waals surface area contributed by atoms with Crippen LogP contribution in [0.4, 0.5) is 0 Å². The van der Waals surface area contributed by atoms with Crippen LogP contribution in [0.5, 0.6) is 0 Å². The Morgan fingerprint density at radius 3 is 1.81 bits per heavy atom. The smallest absolute Gasteiger partial charge is 0.233 e. The van der Waals surface area contributed by atoms with Gasteiger partial charge in [-0.3, -0.25) is 4.79 Å². The molecule has 0 aliphatic rings. The highest BCUT2D eigenvalue weighted by Gasteiger charge is 2.21. The number of aryl methyl sites for hydroxylation is 1. The summed E-state index contributed by atoms with van der Waals surface area (Å²) < 4.78 is 0. The standard InChI is InChI=1S/C23H23NOS/c1-17-13-15-21(16-14-17)26-18(2)23(25)24-22(19-9-5-3-6-10-19)20-11-7-4-8-12-20/h3-16,18,22H,1-2H3,(H,24,25). The lowest BCUT2D eigenvalue weighted by atomic mass is 9.98. The minimum absolute atomic E-state index is 0.0354. The first-order valence-corrected chi connectivity index (χ1v) is 9.65. The molecule has 3 heteroatoms. The highest BCUT2D eigenvalue weighted by Crippen LogP contribution is 2.26. The number of nitrogens with one attached hydrogen (secondary N) is 1. The summed E-state index contributed by atoms with van der Waals surface area (Å²) in [4.78, 5) is 13.9. The minimum Gasteiger partial charge on any atom is -0.344 e. The molecule has 3 aromatic rings. The largest absolute Gasteiger partial charge is 0.344 e. The van der Waals surface area contributed by atoms with Crippen molar-refractivity contribution in [3.63, 3.8) is 0 Å². The van der Waals surface area contributed by atoms with Crippen LogP contribution in [-0.4, -0.2) is 11.2 Å². The van der Waals surface area contributed by atoms with E-state index in [0.29, 0.717) is 0 Å². The van der Waals surface area contributed by atoms with Crippen molar-refractivity contribution in [3.8, 4) is 0 Å². The van der Waals surface area contributed by atoms with Crippen LogP contribution in [-0.2, 0) is 4.79 Å². The third-order valence-corrected chi connectivity index (χ3v) is 5.37. The Morgan fingerprint density at radius 1 is 0.808 bits per heavy atom. The molecule has 0 spiro atoms. The van der Waals surface area contributed by atoms with Gasteiger partial charge in [-0.2, -0.15) is 0 Å². The molecule has 0 saturated carbocycles. The molecule has 1 N–H and O–H groups in total. The maximum absolute atomic E-state index is 12.8. The second kappa shape index (κ2) is 8.72. The fraction of sp³-hybridized carbons (Fsp3) is 0.174. The Morgan fingerprint density at radius 2 is 1.31 bits per heavy atom. The van der Waals surface area contributed by atoms with Crippen LogP contribution in [0.25, 0.3) is 0 Å². The molecule has 0 aliphatic carbocycles. The summed E-state index contributed by atoms with van der Waals surface area (Å²) in [6.45, 7) is 4.02. The number of hydrogen-bond donors (Lipinski definition) is 1. The number of thioether (sulfide) groups is 1. The van der Waals surface area contributed by atoms with Gasteiger partial charge in [0, 0.05) is 4.90 Å². The van der Waals surface area contributed by atoms with Crippen LogP contribution in [0.1, 0.15) is 29.7 Å². The lowest BCUT2D eigenvalue weighted by molar-refractivity contribution is -0.120. The maximum Gasteiger partial charge on any atom is 0.233 e. The summed E-state index contributed by atoms with van der Waals surface area (Å²) in [7, 11) is 0. The molecule has 0 radical (unpaired) electrons. The zero-order chi connectivity index (χ0) is 18.4. The van der Waals surface area contributed by atoms with Crippen molar-refractivity contribution in [1.82, 2.24) is 5.32 Å². The predicted molar refractivity (Wildman–Crippen MR) is 109 cm³/mol. The van der Waals surface area contributed by atoms with Crippen LogP contribution in [0, 0.1) is 6.92 Å². The van der Waals surface area contributed by atoms with Crippen LogP contribution in [0.15, 0.2) is 89.8 Å². The Bertz CT molecular complexity index is 792. The van der Waals surface area contributed by atoms with Gasteiger partial charge < -0.3 is 5.32 Å². The fourth-order valence-corrected chi connectivity index (χ4v) is 3.66. The lowest BCUT2D eigenvalue weighted by Gasteiger charge is -2.22. The summed E-state index contributed by atoms with van der Waals surface area (Å²) in [6, 6.07) is 28.3. The molecule has 1 amide bonds. The molecule has 0 saturated heterocycles. The number of benzene rings is 3. The van der Waals surface area contributed by atoms with Gasteiger partial charge >= 0.3 is 0 Å². The van der Waals surface area contributed by atoms with Crippen molar-refractivity contribution in [2.45, 2.75) is 30.0 Å². The second-order valence-electron chi connectivity index (χ2n) is 6.34. The van der Waals surface area contributed by atoms with Gasteiger partial charge in [0.1, 0.15) is 0 Å². The Labute approximate surface area is 159 Å². The molecule has 2 nitrogen and oxygen atoms in total. The molecule has 26 heavy (non-hydrogen) atoms. The third-order valence-electron chi connectivity index (χ3n) is 4.26. The van der Waals surface area contributed by atoms with E-state index in [4.69, 9.17) is 0 Å². The SMILES string of the molecule is Cc1ccc(SC(C)C(=O)NC(c2ccccc2)c2ccccc2)cc1. The van der Waals surface area contributed by atoms with E-state index in [1.165, 1.54) is 5.56 Å². The highest BCUT2D eigenvalue weighted by molar-refractivity contribution is 8.00. The fourth-order valence-electron chi connectivity index (χ4n) is 2.78. The van der Waals surface area contributed by atoms with Crippen molar-refractivity contribution in [1.29, 1.82) is 0 Å². The minimum atomic E-state index is -0.173. The summed E-state index contributed by atoms with van der Waals surface area (Å²) in [6.07, 6.45) is 0. The number of carbonyl (C=O) groups is 1. The zero-order valence-electron chi connectivity index (χ0n) is 15.1. The average Bonchev–Trinajstić information content (AvgIpc) is 2.69. The Balaban J connectivity index is 1.75. The molecule has 1 atom stereocenters. The average molecular weight is 362 g/mol. The molecule has 0 heterocycles. The van der Waals surface area contributed by atoms with E-state index < -0.39 is 0 Å². The van der Waals surface area contributed by atoms with Crippen molar-refractivity contribution < 1.29 is 4.79 Å². The van der Waals surface area contributed by atoms with Gasteiger partial charge in [0.05, 0.1) is 11.3 Å². The van der Waals surface area contributed by atoms with Crippen molar-refractivity contribution >= 4 is 17.7 Å². The first kappa shape index (κ1) is 18.3. The molecule has 1 unspecified atom stereocenters. The van der Waals surface area contributed by atoms with E-state index in [-0.39, 0.29) is 17.2 Å². The zero-order valence-corrected chi connectivity index (χ0v) is 15.9. The number of rotatable bonds is 6. The summed E-state index contributed by atoms with van der Waals surface area (Å²) >= 11 is 1.58. The first-order valence-electron chi connectivity index (χ1n) is 8.77. The monoisotopic (exact) mass is 361 g/mol. The van der Waals surface area contributed by atoms with Crippen molar-refractivity contribution in [2.24, 2.45) is 0 Å². The van der Waals surface area contributed by atoms with Crippen LogP contribution in [0.3, 0.4) is 0 Å². The van der Waals surface area contributed by atoms with Gasteiger partial charge in [0.2, 0.25) is 5.91 Å². The third kappa shape index (κ3) is 4.77. The molecular weight excluding hydrogens is 338 g/mol. The highest BCUT2D eigenvalue weighted by atomic mass is 32.2. The maximum atomic E-state index is 12.8. The predicted octanol–water partition coefficient (Wildman–Crippen LogP) is 5.38. The molecule has 3 rings (SSSR count). The summed E-state index contributed by atoms with van der Waals surface area (Å²) in [5, 5.41) is 3.05. The normalized spacial score (nSPS) is 12.0. The Kier molecular flexibility index (Phi) is 6.13. The van der Waals surface area contributed by atoms with E-state index in [9.17, 15) is 4.79 Å². The number of amides is 1. The van der Waals surface area contributed by atoms with Crippen molar-refractivity contribution in [3.05, 3.63) is 102 Å². The quantitative estimate of drug-likeness (QED) is 0.597. The molecule has 0 aliphatic heterocycles. The van der Waals surface area contributed by atoms with Gasteiger partial charge in [0.15, 0.2) is 0 Å². The van der Waals surface area contributed by atoms with Gasteiger partial charge in [-0.1, -0.05) is 78.4 Å². The molecule has 0 fully saturated rings. The Hall–Kier alpha value is -2.52.